The second-order valence-electron chi connectivity index (χ2n) is 7.69. The van der Waals surface area contributed by atoms with Gasteiger partial charge in [0.1, 0.15) is 0 Å². The van der Waals surface area contributed by atoms with Gasteiger partial charge in [0.25, 0.3) is 0 Å². The fourth-order valence-corrected chi connectivity index (χ4v) is 4.33. The predicted octanol–water partition coefficient (Wildman–Crippen LogP) is 3.89. The molecule has 1 fully saturated rings. The van der Waals surface area contributed by atoms with Gasteiger partial charge in [-0.15, -0.1) is 0 Å². The molecule has 0 radical (unpaired) electrons. The van der Waals surface area contributed by atoms with Crippen LogP contribution in [-0.4, -0.2) is 42.2 Å². The van der Waals surface area contributed by atoms with E-state index in [1.807, 2.05) is 0 Å². The Morgan fingerprint density at radius 3 is 2.44 bits per heavy atom. The molecule has 3 heterocycles. The Bertz CT molecular complexity index is 678. The molecule has 1 saturated heterocycles. The molecule has 0 unspecified atom stereocenters. The lowest BCUT2D eigenvalue weighted by atomic mass is 10.1. The molecule has 0 N–H and O–H groups in total. The van der Waals surface area contributed by atoms with Gasteiger partial charge in [0.15, 0.2) is 0 Å². The van der Waals surface area contributed by atoms with Gasteiger partial charge >= 0.3 is 0 Å². The first-order valence-electron chi connectivity index (χ1n) is 10.0. The van der Waals surface area contributed by atoms with E-state index in [0.29, 0.717) is 0 Å². The Labute approximate surface area is 152 Å². The first-order valence-corrected chi connectivity index (χ1v) is 10.0. The molecule has 1 aromatic heterocycles. The van der Waals surface area contributed by atoms with Crippen molar-refractivity contribution in [1.29, 1.82) is 0 Å². The number of piperazine rings is 1. The summed E-state index contributed by atoms with van der Waals surface area (Å²) >= 11 is 0. The van der Waals surface area contributed by atoms with Crippen LogP contribution in [0.5, 0.6) is 0 Å². The van der Waals surface area contributed by atoms with Crippen molar-refractivity contribution in [2.75, 3.05) is 37.6 Å². The molecule has 0 spiro atoms. The first kappa shape index (κ1) is 16.7. The summed E-state index contributed by atoms with van der Waals surface area (Å²) in [6, 6.07) is 13.7. The lowest BCUT2D eigenvalue weighted by Gasteiger charge is -2.36. The molecule has 4 rings (SSSR count). The molecule has 3 nitrogen and oxygen atoms in total. The van der Waals surface area contributed by atoms with Gasteiger partial charge in [0.2, 0.25) is 0 Å². The third-order valence-corrected chi connectivity index (χ3v) is 5.90. The highest BCUT2D eigenvalue weighted by Gasteiger charge is 2.17. The van der Waals surface area contributed by atoms with E-state index in [-0.39, 0.29) is 0 Å². The Morgan fingerprint density at radius 2 is 1.64 bits per heavy atom. The van der Waals surface area contributed by atoms with Crippen molar-refractivity contribution in [1.82, 2.24) is 9.47 Å². The van der Waals surface area contributed by atoms with E-state index < -0.39 is 0 Å². The fourth-order valence-electron chi connectivity index (χ4n) is 4.33. The monoisotopic (exact) mass is 337 g/mol. The lowest BCUT2D eigenvalue weighted by Crippen LogP contribution is -2.46. The lowest BCUT2D eigenvalue weighted by molar-refractivity contribution is 0.254. The van der Waals surface area contributed by atoms with Crippen molar-refractivity contribution in [3.05, 3.63) is 53.3 Å². The summed E-state index contributed by atoms with van der Waals surface area (Å²) in [7, 11) is 0. The van der Waals surface area contributed by atoms with Crippen LogP contribution in [0.25, 0.3) is 0 Å². The van der Waals surface area contributed by atoms with Gasteiger partial charge in [-0.25, -0.2) is 0 Å². The van der Waals surface area contributed by atoms with E-state index in [1.54, 1.807) is 11.4 Å². The van der Waals surface area contributed by atoms with Crippen molar-refractivity contribution < 1.29 is 0 Å². The summed E-state index contributed by atoms with van der Waals surface area (Å²) in [6.45, 7) is 9.34. The van der Waals surface area contributed by atoms with Crippen LogP contribution in [0.4, 0.5) is 5.69 Å². The maximum Gasteiger partial charge on any atom is 0.0367 e. The van der Waals surface area contributed by atoms with Crippen LogP contribution in [0.1, 0.15) is 36.2 Å². The molecule has 1 aromatic carbocycles. The Kier molecular flexibility index (Phi) is 5.12. The standard InChI is InChI=1S/C22H31N3/c1-19-7-9-20(10-8-19)24-17-15-23(16-18-24)13-4-6-22-12-11-21-5-2-3-14-25(21)22/h7-12H,2-6,13-18H2,1H3. The zero-order valence-electron chi connectivity index (χ0n) is 15.6. The Balaban J connectivity index is 1.23. The number of nitrogens with zero attached hydrogens (tertiary/aromatic N) is 3. The van der Waals surface area contributed by atoms with Crippen molar-refractivity contribution in [3.63, 3.8) is 0 Å². The van der Waals surface area contributed by atoms with Gasteiger partial charge in [-0.3, -0.25) is 4.90 Å². The highest BCUT2D eigenvalue weighted by Crippen LogP contribution is 2.20. The predicted molar refractivity (Wildman–Crippen MR) is 106 cm³/mol. The molecule has 0 bridgehead atoms. The van der Waals surface area contributed by atoms with Crippen LogP contribution in [0.2, 0.25) is 0 Å². The van der Waals surface area contributed by atoms with E-state index in [0.717, 1.165) is 13.1 Å². The second-order valence-corrected chi connectivity index (χ2v) is 7.69. The largest absolute Gasteiger partial charge is 0.369 e. The number of hydrogen-bond donors (Lipinski definition) is 0. The molecular formula is C22H31N3. The highest BCUT2D eigenvalue weighted by atomic mass is 15.3. The van der Waals surface area contributed by atoms with Gasteiger partial charge in [-0.05, 0) is 69.8 Å². The molecule has 2 aromatic rings. The molecule has 0 atom stereocenters. The molecule has 0 aliphatic carbocycles. The van der Waals surface area contributed by atoms with Crippen molar-refractivity contribution in [2.45, 2.75) is 45.6 Å². The zero-order valence-corrected chi connectivity index (χ0v) is 15.6. The van der Waals surface area contributed by atoms with E-state index in [4.69, 9.17) is 0 Å². The minimum absolute atomic E-state index is 1.16. The maximum absolute atomic E-state index is 2.64. The minimum Gasteiger partial charge on any atom is -0.369 e. The van der Waals surface area contributed by atoms with Crippen LogP contribution >= 0.6 is 0 Å². The summed E-state index contributed by atoms with van der Waals surface area (Å²) in [5, 5.41) is 0. The maximum atomic E-state index is 2.64. The van der Waals surface area contributed by atoms with Gasteiger partial charge < -0.3 is 9.47 Å². The smallest absolute Gasteiger partial charge is 0.0367 e. The summed E-state index contributed by atoms with van der Waals surface area (Å²) in [6.07, 6.45) is 6.53. The number of fused-ring (bicyclic) bond motifs is 1. The van der Waals surface area contributed by atoms with Crippen molar-refractivity contribution >= 4 is 5.69 Å². The molecule has 25 heavy (non-hydrogen) atoms. The van der Waals surface area contributed by atoms with Crippen LogP contribution in [0.15, 0.2) is 36.4 Å². The molecular weight excluding hydrogens is 306 g/mol. The quantitative estimate of drug-likeness (QED) is 0.820. The molecule has 2 aliphatic heterocycles. The highest BCUT2D eigenvalue weighted by molar-refractivity contribution is 5.47. The van der Waals surface area contributed by atoms with Crippen LogP contribution < -0.4 is 4.90 Å². The molecule has 0 saturated carbocycles. The van der Waals surface area contributed by atoms with Crippen molar-refractivity contribution in [2.24, 2.45) is 0 Å². The van der Waals surface area contributed by atoms with Gasteiger partial charge in [-0.1, -0.05) is 17.7 Å². The second kappa shape index (κ2) is 7.65. The fraction of sp³-hybridized carbons (Fsp3) is 0.545. The number of anilines is 1. The average molecular weight is 338 g/mol. The van der Waals surface area contributed by atoms with E-state index >= 15 is 0 Å². The zero-order chi connectivity index (χ0) is 17.1. The van der Waals surface area contributed by atoms with E-state index in [9.17, 15) is 0 Å². The third-order valence-electron chi connectivity index (χ3n) is 5.90. The van der Waals surface area contributed by atoms with Crippen LogP contribution in [0.3, 0.4) is 0 Å². The topological polar surface area (TPSA) is 11.4 Å². The normalized spacial score (nSPS) is 18.4. The molecule has 2 aliphatic rings. The summed E-state index contributed by atoms with van der Waals surface area (Å²) < 4.78 is 2.58. The first-order chi connectivity index (χ1) is 12.3. The Hall–Kier alpha value is -1.74. The minimum atomic E-state index is 1.16. The Morgan fingerprint density at radius 1 is 0.840 bits per heavy atom. The average Bonchev–Trinajstić information content (AvgIpc) is 3.06. The third kappa shape index (κ3) is 3.92. The van der Waals surface area contributed by atoms with Gasteiger partial charge in [0.05, 0.1) is 0 Å². The van der Waals surface area contributed by atoms with Crippen LogP contribution in [0, 0.1) is 6.92 Å². The summed E-state index contributed by atoms with van der Waals surface area (Å²) in [5.74, 6) is 0. The molecule has 134 valence electrons. The SMILES string of the molecule is Cc1ccc(N2CCN(CCCc3ccc4n3CCCC4)CC2)cc1. The number of benzene rings is 1. The van der Waals surface area contributed by atoms with Crippen LogP contribution in [-0.2, 0) is 19.4 Å². The van der Waals surface area contributed by atoms with E-state index in [1.165, 1.54) is 69.5 Å². The van der Waals surface area contributed by atoms with Gasteiger partial charge in [0, 0.05) is 49.8 Å². The number of hydrogen-bond acceptors (Lipinski definition) is 2. The molecule has 0 amide bonds. The molecule has 3 heteroatoms. The van der Waals surface area contributed by atoms with E-state index in [2.05, 4.69) is 57.7 Å². The number of rotatable bonds is 5. The van der Waals surface area contributed by atoms with Crippen molar-refractivity contribution in [3.8, 4) is 0 Å². The number of aryl methyl sites for hydroxylation is 3. The number of aromatic nitrogens is 1. The summed E-state index contributed by atoms with van der Waals surface area (Å²) in [4.78, 5) is 5.17. The van der Waals surface area contributed by atoms with Gasteiger partial charge in [-0.2, -0.15) is 0 Å². The summed E-state index contributed by atoms with van der Waals surface area (Å²) in [5.41, 5.74) is 5.85.